The molecule has 0 unspecified atom stereocenters. The van der Waals surface area contributed by atoms with E-state index in [9.17, 15) is 9.59 Å². The lowest BCUT2D eigenvalue weighted by atomic mass is 9.96. The number of ether oxygens (including phenoxy) is 1. The van der Waals surface area contributed by atoms with E-state index in [1.165, 1.54) is 0 Å². The van der Waals surface area contributed by atoms with Gasteiger partial charge >= 0.3 is 0 Å². The van der Waals surface area contributed by atoms with Crippen LogP contribution < -0.4 is 15.6 Å². The average molecular weight is 510 g/mol. The van der Waals surface area contributed by atoms with Crippen molar-refractivity contribution in [2.75, 3.05) is 27.2 Å². The molecule has 0 saturated heterocycles. The maximum atomic E-state index is 13.3. The van der Waals surface area contributed by atoms with E-state index in [0.717, 1.165) is 59.2 Å². The van der Waals surface area contributed by atoms with Crippen molar-refractivity contribution in [3.8, 4) is 16.9 Å². The fraction of sp³-hybridized carbons (Fsp3) is 0.312. The van der Waals surface area contributed by atoms with Crippen molar-refractivity contribution in [1.82, 2.24) is 14.8 Å². The smallest absolute Gasteiger partial charge is 0.258 e. The predicted octanol–water partition coefficient (Wildman–Crippen LogP) is 5.25. The van der Waals surface area contributed by atoms with Crippen LogP contribution in [0.25, 0.3) is 21.9 Å². The van der Waals surface area contributed by atoms with Crippen molar-refractivity contribution < 1.29 is 9.53 Å². The van der Waals surface area contributed by atoms with Crippen molar-refractivity contribution in [1.29, 1.82) is 0 Å². The van der Waals surface area contributed by atoms with Crippen molar-refractivity contribution in [3.63, 3.8) is 0 Å². The first kappa shape index (κ1) is 25.7. The fourth-order valence-corrected chi connectivity index (χ4v) is 4.65. The van der Waals surface area contributed by atoms with Gasteiger partial charge in [0.1, 0.15) is 5.75 Å². The Morgan fingerprint density at radius 1 is 1.05 bits per heavy atom. The lowest BCUT2D eigenvalue weighted by Crippen LogP contribution is -2.25. The SMILES string of the molecule is Cc1ccc(C(=O)NC2CC2)cc1-c1ccc2c(=O)n(Cc3cccc(OCCCN(C)C)c3)ccc2c1. The van der Waals surface area contributed by atoms with Crippen LogP contribution in [-0.4, -0.2) is 48.7 Å². The number of hydrogen-bond acceptors (Lipinski definition) is 4. The van der Waals surface area contributed by atoms with Gasteiger partial charge < -0.3 is 19.5 Å². The molecular formula is C32H35N3O3. The first-order valence-corrected chi connectivity index (χ1v) is 13.3. The molecule has 0 aliphatic heterocycles. The van der Waals surface area contributed by atoms with E-state index < -0.39 is 0 Å². The van der Waals surface area contributed by atoms with Gasteiger partial charge in [0.25, 0.3) is 11.5 Å². The molecule has 1 heterocycles. The third kappa shape index (κ3) is 6.14. The molecule has 5 rings (SSSR count). The van der Waals surface area contributed by atoms with E-state index in [0.29, 0.717) is 30.1 Å². The Bertz CT molecular complexity index is 1520. The Morgan fingerprint density at radius 2 is 1.89 bits per heavy atom. The Labute approximate surface area is 223 Å². The summed E-state index contributed by atoms with van der Waals surface area (Å²) in [4.78, 5) is 28.1. The number of rotatable bonds is 10. The molecule has 1 aromatic heterocycles. The van der Waals surface area contributed by atoms with Crippen molar-refractivity contribution in [2.45, 2.75) is 38.8 Å². The second-order valence-corrected chi connectivity index (χ2v) is 10.5. The first-order chi connectivity index (χ1) is 18.4. The van der Waals surface area contributed by atoms with Gasteiger partial charge in [0.2, 0.25) is 0 Å². The summed E-state index contributed by atoms with van der Waals surface area (Å²) in [5.41, 5.74) is 4.74. The number of aryl methyl sites for hydroxylation is 1. The van der Waals surface area contributed by atoms with Crippen LogP contribution >= 0.6 is 0 Å². The zero-order chi connectivity index (χ0) is 26.6. The largest absolute Gasteiger partial charge is 0.494 e. The van der Waals surface area contributed by atoms with Gasteiger partial charge in [-0.2, -0.15) is 0 Å². The molecule has 6 nitrogen and oxygen atoms in total. The molecule has 0 radical (unpaired) electrons. The molecular weight excluding hydrogens is 474 g/mol. The van der Waals surface area contributed by atoms with Gasteiger partial charge in [-0.05, 0) is 110 Å². The van der Waals surface area contributed by atoms with Gasteiger partial charge in [-0.25, -0.2) is 0 Å². The highest BCUT2D eigenvalue weighted by atomic mass is 16.5. The lowest BCUT2D eigenvalue weighted by molar-refractivity contribution is 0.0951. The van der Waals surface area contributed by atoms with E-state index in [1.54, 1.807) is 4.57 Å². The number of nitrogens with one attached hydrogen (secondary N) is 1. The topological polar surface area (TPSA) is 63.6 Å². The Balaban J connectivity index is 1.35. The Kier molecular flexibility index (Phi) is 7.61. The zero-order valence-corrected chi connectivity index (χ0v) is 22.4. The van der Waals surface area contributed by atoms with Crippen molar-refractivity contribution >= 4 is 16.7 Å². The predicted molar refractivity (Wildman–Crippen MR) is 153 cm³/mol. The molecule has 38 heavy (non-hydrogen) atoms. The van der Waals surface area contributed by atoms with Crippen molar-refractivity contribution in [3.05, 3.63) is 100.0 Å². The minimum absolute atomic E-state index is 0.0272. The van der Waals surface area contributed by atoms with Crippen LogP contribution in [0.15, 0.2) is 77.7 Å². The number of aromatic nitrogens is 1. The summed E-state index contributed by atoms with van der Waals surface area (Å²) in [6.07, 6.45) is 4.93. The third-order valence-corrected chi connectivity index (χ3v) is 6.97. The van der Waals surface area contributed by atoms with Crippen molar-refractivity contribution in [2.24, 2.45) is 0 Å². The summed E-state index contributed by atoms with van der Waals surface area (Å²) in [6.45, 7) is 4.16. The van der Waals surface area contributed by atoms with E-state index >= 15 is 0 Å². The molecule has 1 saturated carbocycles. The molecule has 0 bridgehead atoms. The molecule has 1 fully saturated rings. The number of amides is 1. The maximum Gasteiger partial charge on any atom is 0.258 e. The Hall–Kier alpha value is -3.90. The molecule has 6 heteroatoms. The Morgan fingerprint density at radius 3 is 2.68 bits per heavy atom. The number of benzene rings is 3. The van der Waals surface area contributed by atoms with E-state index in [-0.39, 0.29) is 11.5 Å². The number of pyridine rings is 1. The van der Waals surface area contributed by atoms with Gasteiger partial charge in [0.15, 0.2) is 0 Å². The third-order valence-electron chi connectivity index (χ3n) is 6.97. The van der Waals surface area contributed by atoms with Crippen LogP contribution in [-0.2, 0) is 6.54 Å². The first-order valence-electron chi connectivity index (χ1n) is 13.3. The summed E-state index contributed by atoms with van der Waals surface area (Å²) in [7, 11) is 4.11. The number of nitrogens with zero attached hydrogens (tertiary/aromatic N) is 2. The molecule has 0 spiro atoms. The summed E-state index contributed by atoms with van der Waals surface area (Å²) in [6, 6.07) is 22.0. The molecule has 1 N–H and O–H groups in total. The molecule has 4 aromatic rings. The van der Waals surface area contributed by atoms with Crippen LogP contribution in [0.4, 0.5) is 0 Å². The number of carbonyl (C=O) groups excluding carboxylic acids is 1. The highest BCUT2D eigenvalue weighted by molar-refractivity contribution is 5.96. The van der Waals surface area contributed by atoms with Crippen LogP contribution in [0.2, 0.25) is 0 Å². The minimum Gasteiger partial charge on any atom is -0.494 e. The van der Waals surface area contributed by atoms with Gasteiger partial charge in [0, 0.05) is 29.7 Å². The second kappa shape index (κ2) is 11.2. The summed E-state index contributed by atoms with van der Waals surface area (Å²) in [5.74, 6) is 0.795. The van der Waals surface area contributed by atoms with E-state index in [4.69, 9.17) is 4.74 Å². The van der Waals surface area contributed by atoms with Gasteiger partial charge in [-0.1, -0.05) is 24.3 Å². The van der Waals surface area contributed by atoms with Gasteiger partial charge in [-0.3, -0.25) is 9.59 Å². The molecule has 1 amide bonds. The summed E-state index contributed by atoms with van der Waals surface area (Å²) < 4.78 is 7.64. The highest BCUT2D eigenvalue weighted by Crippen LogP contribution is 2.28. The average Bonchev–Trinajstić information content (AvgIpc) is 3.72. The van der Waals surface area contributed by atoms with Crippen LogP contribution in [0.5, 0.6) is 5.75 Å². The monoisotopic (exact) mass is 509 g/mol. The number of hydrogen-bond donors (Lipinski definition) is 1. The van der Waals surface area contributed by atoms with Gasteiger partial charge in [0.05, 0.1) is 13.2 Å². The zero-order valence-electron chi connectivity index (χ0n) is 22.4. The fourth-order valence-electron chi connectivity index (χ4n) is 4.65. The molecule has 0 atom stereocenters. The van der Waals surface area contributed by atoms with E-state index in [1.807, 2.05) is 79.9 Å². The minimum atomic E-state index is -0.0274. The number of carbonyl (C=O) groups is 1. The standard InChI is InChI=1S/C32H35N3O3/c1-22-8-9-26(31(36)33-27-11-12-27)20-30(22)24-10-13-29-25(19-24)14-16-35(32(29)37)21-23-6-4-7-28(18-23)38-17-5-15-34(2)3/h4,6-10,13-14,16,18-20,27H,5,11-12,15,17,21H2,1-3H3,(H,33,36). The summed E-state index contributed by atoms with van der Waals surface area (Å²) in [5, 5.41) is 4.62. The molecule has 1 aliphatic carbocycles. The highest BCUT2D eigenvalue weighted by Gasteiger charge is 2.24. The van der Waals surface area contributed by atoms with Gasteiger partial charge in [-0.15, -0.1) is 0 Å². The normalized spacial score (nSPS) is 13.2. The lowest BCUT2D eigenvalue weighted by Gasteiger charge is -2.13. The maximum absolute atomic E-state index is 13.3. The quantitative estimate of drug-likeness (QED) is 0.297. The van der Waals surface area contributed by atoms with Crippen LogP contribution in [0.3, 0.4) is 0 Å². The summed E-state index contributed by atoms with van der Waals surface area (Å²) >= 11 is 0. The van der Waals surface area contributed by atoms with Crippen LogP contribution in [0.1, 0.15) is 40.7 Å². The van der Waals surface area contributed by atoms with E-state index in [2.05, 4.69) is 24.3 Å². The molecule has 196 valence electrons. The molecule has 1 aliphatic rings. The second-order valence-electron chi connectivity index (χ2n) is 10.5. The molecule has 3 aromatic carbocycles. The number of fused-ring (bicyclic) bond motifs is 1. The van der Waals surface area contributed by atoms with Crippen LogP contribution in [0, 0.1) is 6.92 Å².